The highest BCUT2D eigenvalue weighted by atomic mass is 16.5. The molecule has 1 atom stereocenters. The summed E-state index contributed by atoms with van der Waals surface area (Å²) in [6.45, 7) is 9.32. The first-order valence-electron chi connectivity index (χ1n) is 7.99. The van der Waals surface area contributed by atoms with Crippen molar-refractivity contribution in [3.8, 4) is 0 Å². The number of piperidine rings is 1. The first-order valence-corrected chi connectivity index (χ1v) is 7.99. The van der Waals surface area contributed by atoms with E-state index < -0.39 is 0 Å². The van der Waals surface area contributed by atoms with Gasteiger partial charge in [-0.25, -0.2) is 0 Å². The Morgan fingerprint density at radius 1 is 1.10 bits per heavy atom. The molecule has 1 unspecified atom stereocenters. The summed E-state index contributed by atoms with van der Waals surface area (Å²) in [6.07, 6.45) is 4.05. The lowest BCUT2D eigenvalue weighted by Crippen LogP contribution is -2.52. The van der Waals surface area contributed by atoms with Crippen LogP contribution in [0.25, 0.3) is 0 Å². The first kappa shape index (κ1) is 15.7. The van der Waals surface area contributed by atoms with Crippen molar-refractivity contribution in [3.63, 3.8) is 0 Å². The van der Waals surface area contributed by atoms with Gasteiger partial charge in [-0.3, -0.25) is 14.6 Å². The molecule has 0 saturated carbocycles. The molecule has 116 valence electrons. The summed E-state index contributed by atoms with van der Waals surface area (Å²) in [7, 11) is 2.25. The van der Waals surface area contributed by atoms with Gasteiger partial charge in [-0.1, -0.05) is 6.42 Å². The van der Waals surface area contributed by atoms with Crippen LogP contribution >= 0.6 is 0 Å². The maximum Gasteiger partial charge on any atom is 0.320 e. The van der Waals surface area contributed by atoms with Gasteiger partial charge in [-0.05, 0) is 33.4 Å². The SMILES string of the molecule is CCOC(=O)CN1CCN(CC2CCCCN2C)CC1. The van der Waals surface area contributed by atoms with E-state index in [1.807, 2.05) is 6.92 Å². The topological polar surface area (TPSA) is 36.0 Å². The standard InChI is InChI=1S/C15H29N3O2/c1-3-20-15(19)13-18-10-8-17(9-11-18)12-14-6-4-5-7-16(14)2/h14H,3-13H2,1-2H3. The molecule has 2 saturated heterocycles. The van der Waals surface area contributed by atoms with E-state index in [1.165, 1.54) is 32.4 Å². The molecule has 0 amide bonds. The monoisotopic (exact) mass is 283 g/mol. The van der Waals surface area contributed by atoms with Crippen LogP contribution in [-0.2, 0) is 9.53 Å². The van der Waals surface area contributed by atoms with Gasteiger partial charge < -0.3 is 9.64 Å². The number of rotatable bonds is 5. The number of ether oxygens (including phenoxy) is 1. The molecule has 2 heterocycles. The number of carbonyl (C=O) groups excluding carboxylic acids is 1. The fourth-order valence-electron chi connectivity index (χ4n) is 3.19. The molecule has 20 heavy (non-hydrogen) atoms. The Morgan fingerprint density at radius 2 is 1.80 bits per heavy atom. The van der Waals surface area contributed by atoms with Gasteiger partial charge >= 0.3 is 5.97 Å². The molecule has 0 bridgehead atoms. The molecule has 0 spiro atoms. The van der Waals surface area contributed by atoms with E-state index in [4.69, 9.17) is 4.74 Å². The molecule has 0 aromatic heterocycles. The van der Waals surface area contributed by atoms with E-state index in [0.29, 0.717) is 13.2 Å². The van der Waals surface area contributed by atoms with Crippen LogP contribution in [0, 0.1) is 0 Å². The largest absolute Gasteiger partial charge is 0.465 e. The molecule has 0 aliphatic carbocycles. The summed E-state index contributed by atoms with van der Waals surface area (Å²) in [5, 5.41) is 0. The van der Waals surface area contributed by atoms with E-state index >= 15 is 0 Å². The molecule has 2 fully saturated rings. The second-order valence-corrected chi connectivity index (χ2v) is 6.01. The minimum atomic E-state index is -0.0898. The van der Waals surface area contributed by atoms with Crippen molar-refractivity contribution in [2.75, 3.05) is 59.5 Å². The van der Waals surface area contributed by atoms with Gasteiger partial charge in [-0.2, -0.15) is 0 Å². The summed E-state index contributed by atoms with van der Waals surface area (Å²) in [5.74, 6) is -0.0898. The predicted octanol–water partition coefficient (Wildman–Crippen LogP) is 0.651. The third-order valence-corrected chi connectivity index (χ3v) is 4.51. The highest BCUT2D eigenvalue weighted by Crippen LogP contribution is 2.16. The van der Waals surface area contributed by atoms with Gasteiger partial charge in [0.2, 0.25) is 0 Å². The van der Waals surface area contributed by atoms with E-state index in [1.54, 1.807) is 0 Å². The lowest BCUT2D eigenvalue weighted by atomic mass is 10.0. The number of carbonyl (C=O) groups is 1. The highest BCUT2D eigenvalue weighted by Gasteiger charge is 2.24. The molecule has 2 rings (SSSR count). The molecular weight excluding hydrogens is 254 g/mol. The van der Waals surface area contributed by atoms with Crippen molar-refractivity contribution in [1.29, 1.82) is 0 Å². The summed E-state index contributed by atoms with van der Waals surface area (Å²) in [6, 6.07) is 0.723. The number of esters is 1. The van der Waals surface area contributed by atoms with Crippen LogP contribution in [0.3, 0.4) is 0 Å². The Bertz CT molecular complexity index is 303. The van der Waals surface area contributed by atoms with E-state index in [2.05, 4.69) is 21.7 Å². The fourth-order valence-corrected chi connectivity index (χ4v) is 3.19. The number of likely N-dealkylation sites (N-methyl/N-ethyl adjacent to an activating group) is 1. The van der Waals surface area contributed by atoms with E-state index in [-0.39, 0.29) is 5.97 Å². The van der Waals surface area contributed by atoms with E-state index in [9.17, 15) is 4.79 Å². The smallest absolute Gasteiger partial charge is 0.320 e. The zero-order valence-electron chi connectivity index (χ0n) is 13.0. The fraction of sp³-hybridized carbons (Fsp3) is 0.933. The second kappa shape index (κ2) is 7.96. The molecule has 2 aliphatic rings. The van der Waals surface area contributed by atoms with Crippen LogP contribution in [0.15, 0.2) is 0 Å². The van der Waals surface area contributed by atoms with Crippen molar-refractivity contribution in [1.82, 2.24) is 14.7 Å². The Labute approximate surface area is 122 Å². The molecule has 5 heteroatoms. The molecular formula is C15H29N3O2. The second-order valence-electron chi connectivity index (χ2n) is 6.01. The van der Waals surface area contributed by atoms with Gasteiger partial charge in [-0.15, -0.1) is 0 Å². The number of hydrogen-bond donors (Lipinski definition) is 0. The molecule has 2 aliphatic heterocycles. The van der Waals surface area contributed by atoms with Gasteiger partial charge in [0.1, 0.15) is 0 Å². The Hall–Kier alpha value is -0.650. The predicted molar refractivity (Wildman–Crippen MR) is 79.8 cm³/mol. The van der Waals surface area contributed by atoms with Crippen LogP contribution in [0.1, 0.15) is 26.2 Å². The average Bonchev–Trinajstić information content (AvgIpc) is 2.44. The van der Waals surface area contributed by atoms with Crippen LogP contribution in [0.4, 0.5) is 0 Å². The highest BCUT2D eigenvalue weighted by molar-refractivity contribution is 5.71. The number of hydrogen-bond acceptors (Lipinski definition) is 5. The van der Waals surface area contributed by atoms with Gasteiger partial charge in [0.05, 0.1) is 13.2 Å². The van der Waals surface area contributed by atoms with Gasteiger partial charge in [0.15, 0.2) is 0 Å². The number of likely N-dealkylation sites (tertiary alicyclic amines) is 1. The Kier molecular flexibility index (Phi) is 6.26. The lowest BCUT2D eigenvalue weighted by Gasteiger charge is -2.39. The van der Waals surface area contributed by atoms with Crippen LogP contribution in [0.5, 0.6) is 0 Å². The average molecular weight is 283 g/mol. The molecule has 0 N–H and O–H groups in total. The number of piperazine rings is 1. The van der Waals surface area contributed by atoms with Crippen LogP contribution in [-0.4, -0.2) is 86.2 Å². The first-order chi connectivity index (χ1) is 9.69. The van der Waals surface area contributed by atoms with Crippen molar-refractivity contribution >= 4 is 5.97 Å². The Balaban J connectivity index is 1.67. The molecule has 0 aromatic rings. The quantitative estimate of drug-likeness (QED) is 0.693. The third-order valence-electron chi connectivity index (χ3n) is 4.51. The normalized spacial score (nSPS) is 26.6. The van der Waals surface area contributed by atoms with E-state index in [0.717, 1.165) is 32.2 Å². The minimum Gasteiger partial charge on any atom is -0.465 e. The van der Waals surface area contributed by atoms with Crippen LogP contribution in [0.2, 0.25) is 0 Å². The van der Waals surface area contributed by atoms with Crippen molar-refractivity contribution in [2.45, 2.75) is 32.2 Å². The maximum absolute atomic E-state index is 11.5. The maximum atomic E-state index is 11.5. The lowest BCUT2D eigenvalue weighted by molar-refractivity contribution is -0.144. The summed E-state index contributed by atoms with van der Waals surface area (Å²) in [5.41, 5.74) is 0. The summed E-state index contributed by atoms with van der Waals surface area (Å²) < 4.78 is 5.01. The van der Waals surface area contributed by atoms with Crippen molar-refractivity contribution < 1.29 is 9.53 Å². The van der Waals surface area contributed by atoms with Crippen molar-refractivity contribution in [2.24, 2.45) is 0 Å². The molecule has 0 radical (unpaired) electrons. The Morgan fingerprint density at radius 3 is 2.45 bits per heavy atom. The summed E-state index contributed by atoms with van der Waals surface area (Å²) in [4.78, 5) is 18.7. The van der Waals surface area contributed by atoms with Gasteiger partial charge in [0.25, 0.3) is 0 Å². The third kappa shape index (κ3) is 4.72. The minimum absolute atomic E-state index is 0.0898. The molecule has 5 nitrogen and oxygen atoms in total. The van der Waals surface area contributed by atoms with Gasteiger partial charge in [0, 0.05) is 38.8 Å². The van der Waals surface area contributed by atoms with Crippen molar-refractivity contribution in [3.05, 3.63) is 0 Å². The zero-order valence-corrected chi connectivity index (χ0v) is 13.0. The van der Waals surface area contributed by atoms with Crippen LogP contribution < -0.4 is 0 Å². The number of nitrogens with zero attached hydrogens (tertiary/aromatic N) is 3. The summed E-state index contributed by atoms with van der Waals surface area (Å²) >= 11 is 0. The zero-order chi connectivity index (χ0) is 14.4. The molecule has 0 aromatic carbocycles.